The predicted molar refractivity (Wildman–Crippen MR) is 73.6 cm³/mol. The van der Waals surface area contributed by atoms with E-state index < -0.39 is 33.0 Å². The molecule has 0 saturated heterocycles. The molecule has 2 aromatic carbocycles. The van der Waals surface area contributed by atoms with Crippen molar-refractivity contribution in [3.8, 4) is 0 Å². The van der Waals surface area contributed by atoms with Crippen LogP contribution in [0.3, 0.4) is 0 Å². The van der Waals surface area contributed by atoms with E-state index in [4.69, 9.17) is 0 Å². The molecule has 3 nitrogen and oxygen atoms in total. The fourth-order valence-corrected chi connectivity index (χ4v) is 3.11. The highest BCUT2D eigenvalue weighted by molar-refractivity contribution is 7.92. The summed E-state index contributed by atoms with van der Waals surface area (Å²) in [5.41, 5.74) is 0.524. The van der Waals surface area contributed by atoms with E-state index in [1.165, 1.54) is 36.4 Å². The molecule has 0 aliphatic rings. The molecule has 0 bridgehead atoms. The Kier molecular flexibility index (Phi) is 4.47. The Bertz CT molecular complexity index is 753. The van der Waals surface area contributed by atoms with Gasteiger partial charge in [-0.15, -0.1) is 0 Å². The van der Waals surface area contributed by atoms with Crippen LogP contribution < -0.4 is 0 Å². The first-order chi connectivity index (χ1) is 9.87. The molecule has 21 heavy (non-hydrogen) atoms. The molecular weight excluding hydrogens is 298 g/mol. The summed E-state index contributed by atoms with van der Waals surface area (Å²) in [7, 11) is -3.87. The van der Waals surface area contributed by atoms with Crippen LogP contribution in [-0.2, 0) is 21.1 Å². The summed E-state index contributed by atoms with van der Waals surface area (Å²) in [6.45, 7) is 0. The molecule has 0 radical (unpaired) electrons. The molecule has 110 valence electrons. The van der Waals surface area contributed by atoms with Gasteiger partial charge in [0.2, 0.25) is 0 Å². The number of carbonyl (C=O) groups is 1. The van der Waals surface area contributed by atoms with Crippen molar-refractivity contribution in [1.82, 2.24) is 0 Å². The molecule has 0 amide bonds. The summed E-state index contributed by atoms with van der Waals surface area (Å²) in [4.78, 5) is 11.6. The SMILES string of the molecule is O=C(Cc1ccc(F)cc1)CS(=O)(=O)c1cccc(F)c1. The van der Waals surface area contributed by atoms with E-state index in [1.807, 2.05) is 0 Å². The van der Waals surface area contributed by atoms with Gasteiger partial charge in [-0.2, -0.15) is 0 Å². The molecule has 0 heterocycles. The van der Waals surface area contributed by atoms with Gasteiger partial charge in [-0.05, 0) is 35.9 Å². The molecule has 2 rings (SSSR count). The lowest BCUT2D eigenvalue weighted by Gasteiger charge is -2.04. The van der Waals surface area contributed by atoms with Gasteiger partial charge in [-0.1, -0.05) is 18.2 Å². The summed E-state index contributed by atoms with van der Waals surface area (Å²) in [6.07, 6.45) is -0.116. The monoisotopic (exact) mass is 310 g/mol. The topological polar surface area (TPSA) is 51.2 Å². The number of rotatable bonds is 5. The van der Waals surface area contributed by atoms with Crippen molar-refractivity contribution in [3.63, 3.8) is 0 Å². The first-order valence-electron chi connectivity index (χ1n) is 6.11. The van der Waals surface area contributed by atoms with Crippen LogP contribution in [0.25, 0.3) is 0 Å². The molecule has 0 fully saturated rings. The first-order valence-corrected chi connectivity index (χ1v) is 7.76. The zero-order chi connectivity index (χ0) is 15.5. The van der Waals surface area contributed by atoms with Crippen LogP contribution in [0.1, 0.15) is 5.56 Å². The van der Waals surface area contributed by atoms with E-state index in [0.29, 0.717) is 5.56 Å². The standard InChI is InChI=1S/C15H12F2O3S/c16-12-6-4-11(5-7-12)8-14(18)10-21(19,20)15-3-1-2-13(17)9-15/h1-7,9H,8,10H2. The lowest BCUT2D eigenvalue weighted by molar-refractivity contribution is -0.116. The average molecular weight is 310 g/mol. The largest absolute Gasteiger partial charge is 0.298 e. The third kappa shape index (κ3) is 4.19. The Hall–Kier alpha value is -2.08. The van der Waals surface area contributed by atoms with Gasteiger partial charge in [0, 0.05) is 6.42 Å². The van der Waals surface area contributed by atoms with Crippen molar-refractivity contribution < 1.29 is 22.0 Å². The van der Waals surface area contributed by atoms with Crippen LogP contribution in [0, 0.1) is 11.6 Å². The summed E-state index contributed by atoms with van der Waals surface area (Å²) in [6, 6.07) is 9.74. The molecule has 0 N–H and O–H groups in total. The minimum absolute atomic E-state index is 0.116. The maximum absolute atomic E-state index is 13.0. The lowest BCUT2D eigenvalue weighted by Crippen LogP contribution is -2.18. The van der Waals surface area contributed by atoms with E-state index in [1.54, 1.807) is 0 Å². The van der Waals surface area contributed by atoms with Crippen molar-refractivity contribution in [3.05, 3.63) is 65.7 Å². The van der Waals surface area contributed by atoms with Crippen molar-refractivity contribution >= 4 is 15.6 Å². The normalized spacial score (nSPS) is 11.3. The molecule has 0 saturated carbocycles. The zero-order valence-corrected chi connectivity index (χ0v) is 11.7. The molecule has 2 aromatic rings. The summed E-state index contributed by atoms with van der Waals surface area (Å²) >= 11 is 0. The summed E-state index contributed by atoms with van der Waals surface area (Å²) in [5, 5.41) is 0. The second-order valence-electron chi connectivity index (χ2n) is 4.56. The Labute approximate surface area is 121 Å². The fraction of sp³-hybridized carbons (Fsp3) is 0.133. The minimum Gasteiger partial charge on any atom is -0.298 e. The number of benzene rings is 2. The van der Waals surface area contributed by atoms with Gasteiger partial charge < -0.3 is 0 Å². The van der Waals surface area contributed by atoms with Crippen LogP contribution in [0.4, 0.5) is 8.78 Å². The second kappa shape index (κ2) is 6.13. The number of carbonyl (C=O) groups excluding carboxylic acids is 1. The predicted octanol–water partition coefficient (Wildman–Crippen LogP) is 2.55. The van der Waals surface area contributed by atoms with Crippen LogP contribution in [0.2, 0.25) is 0 Å². The van der Waals surface area contributed by atoms with Gasteiger partial charge >= 0.3 is 0 Å². The van der Waals surface area contributed by atoms with Crippen LogP contribution in [0.5, 0.6) is 0 Å². The Morgan fingerprint density at radius 1 is 0.952 bits per heavy atom. The molecule has 0 atom stereocenters. The van der Waals surface area contributed by atoms with Gasteiger partial charge in [0.25, 0.3) is 0 Å². The van der Waals surface area contributed by atoms with E-state index in [0.717, 1.165) is 12.1 Å². The van der Waals surface area contributed by atoms with Gasteiger partial charge in [-0.25, -0.2) is 17.2 Å². The maximum Gasteiger partial charge on any atom is 0.185 e. The zero-order valence-electron chi connectivity index (χ0n) is 10.9. The maximum atomic E-state index is 13.0. The van der Waals surface area contributed by atoms with Crippen molar-refractivity contribution in [1.29, 1.82) is 0 Å². The number of ketones is 1. The summed E-state index contributed by atoms with van der Waals surface area (Å²) < 4.78 is 49.8. The molecule has 6 heteroatoms. The van der Waals surface area contributed by atoms with Gasteiger partial charge in [-0.3, -0.25) is 4.79 Å². The Balaban J connectivity index is 2.09. The van der Waals surface area contributed by atoms with E-state index in [2.05, 4.69) is 0 Å². The van der Waals surface area contributed by atoms with Crippen LogP contribution in [0.15, 0.2) is 53.4 Å². The van der Waals surface area contributed by atoms with Crippen molar-refractivity contribution in [2.75, 3.05) is 5.75 Å². The van der Waals surface area contributed by atoms with Gasteiger partial charge in [0.15, 0.2) is 15.6 Å². The van der Waals surface area contributed by atoms with E-state index in [9.17, 15) is 22.0 Å². The van der Waals surface area contributed by atoms with Gasteiger partial charge in [0.05, 0.1) is 4.90 Å². The third-order valence-electron chi connectivity index (χ3n) is 2.82. The smallest absolute Gasteiger partial charge is 0.185 e. The lowest BCUT2D eigenvalue weighted by atomic mass is 10.1. The first kappa shape index (κ1) is 15.3. The van der Waals surface area contributed by atoms with Crippen molar-refractivity contribution in [2.24, 2.45) is 0 Å². The van der Waals surface area contributed by atoms with E-state index in [-0.39, 0.29) is 11.3 Å². The Morgan fingerprint density at radius 2 is 1.62 bits per heavy atom. The number of halogens is 2. The Morgan fingerprint density at radius 3 is 2.24 bits per heavy atom. The average Bonchev–Trinajstić information content (AvgIpc) is 2.41. The number of sulfone groups is 1. The highest BCUT2D eigenvalue weighted by Crippen LogP contribution is 2.13. The van der Waals surface area contributed by atoms with Crippen molar-refractivity contribution in [2.45, 2.75) is 11.3 Å². The quantitative estimate of drug-likeness (QED) is 0.853. The fourth-order valence-electron chi connectivity index (χ4n) is 1.84. The van der Waals surface area contributed by atoms with E-state index >= 15 is 0 Å². The molecule has 0 aromatic heterocycles. The highest BCUT2D eigenvalue weighted by atomic mass is 32.2. The molecule has 0 spiro atoms. The van der Waals surface area contributed by atoms with Crippen LogP contribution in [-0.4, -0.2) is 20.0 Å². The number of Topliss-reactive ketones (excluding diaryl/α,β-unsaturated/α-hetero) is 1. The van der Waals surface area contributed by atoms with Gasteiger partial charge in [0.1, 0.15) is 17.4 Å². The molecular formula is C15H12F2O3S. The van der Waals surface area contributed by atoms with Crippen LogP contribution >= 0.6 is 0 Å². The minimum atomic E-state index is -3.87. The third-order valence-corrected chi connectivity index (χ3v) is 4.49. The molecule has 0 aliphatic carbocycles. The second-order valence-corrected chi connectivity index (χ2v) is 6.55. The number of hydrogen-bond donors (Lipinski definition) is 0. The molecule has 0 unspecified atom stereocenters. The number of hydrogen-bond acceptors (Lipinski definition) is 3. The highest BCUT2D eigenvalue weighted by Gasteiger charge is 2.19. The summed E-state index contributed by atoms with van der Waals surface area (Å²) in [5.74, 6) is -2.36. The molecule has 0 aliphatic heterocycles.